The van der Waals surface area contributed by atoms with E-state index in [-0.39, 0.29) is 16.9 Å². The molecular formula is C19H20ClFN4O2S3. The average Bonchev–Trinajstić information content (AvgIpc) is 3.46. The van der Waals surface area contributed by atoms with Crippen LogP contribution in [0.3, 0.4) is 0 Å². The van der Waals surface area contributed by atoms with Crippen molar-refractivity contribution in [2.24, 2.45) is 0 Å². The molecule has 30 heavy (non-hydrogen) atoms. The predicted octanol–water partition coefficient (Wildman–Crippen LogP) is 4.51. The van der Waals surface area contributed by atoms with E-state index >= 15 is 0 Å². The molecule has 2 aromatic heterocycles. The van der Waals surface area contributed by atoms with Gasteiger partial charge in [0.1, 0.15) is 10.7 Å². The summed E-state index contributed by atoms with van der Waals surface area (Å²) in [6, 6.07) is 6.68. The Balaban J connectivity index is 1.50. The van der Waals surface area contributed by atoms with Crippen molar-refractivity contribution in [3.8, 4) is 0 Å². The van der Waals surface area contributed by atoms with Gasteiger partial charge < -0.3 is 4.90 Å². The monoisotopic (exact) mass is 486 g/mol. The van der Waals surface area contributed by atoms with Crippen molar-refractivity contribution in [3.63, 3.8) is 0 Å². The minimum atomic E-state index is -4.13. The summed E-state index contributed by atoms with van der Waals surface area (Å²) in [6.07, 6.45) is 0.922. The molecule has 1 aromatic carbocycles. The summed E-state index contributed by atoms with van der Waals surface area (Å²) in [5, 5.41) is 3.78. The van der Waals surface area contributed by atoms with Crippen molar-refractivity contribution in [2.45, 2.75) is 23.9 Å². The van der Waals surface area contributed by atoms with Crippen molar-refractivity contribution >= 4 is 55.8 Å². The van der Waals surface area contributed by atoms with Gasteiger partial charge in [0.25, 0.3) is 10.0 Å². The number of thiophene rings is 1. The van der Waals surface area contributed by atoms with Crippen molar-refractivity contribution in [2.75, 3.05) is 29.8 Å². The maximum atomic E-state index is 14.8. The summed E-state index contributed by atoms with van der Waals surface area (Å²) in [5.74, 6) is -0.703. The second-order valence-corrected chi connectivity index (χ2v) is 10.9. The summed E-state index contributed by atoms with van der Waals surface area (Å²) in [5.41, 5.74) is 1.97. The van der Waals surface area contributed by atoms with Crippen LogP contribution >= 0.6 is 34.3 Å². The molecule has 3 aromatic rings. The number of likely N-dealkylation sites (tertiary alicyclic amines) is 1. The van der Waals surface area contributed by atoms with E-state index in [1.165, 1.54) is 33.2 Å². The smallest absolute Gasteiger partial charge is 0.266 e. The van der Waals surface area contributed by atoms with Crippen LogP contribution in [-0.4, -0.2) is 44.5 Å². The molecule has 0 radical (unpaired) electrons. The number of aromatic nitrogens is 1. The van der Waals surface area contributed by atoms with Crippen LogP contribution in [0.25, 0.3) is 0 Å². The Morgan fingerprint density at radius 1 is 1.43 bits per heavy atom. The number of likely N-dealkylation sites (N-methyl/N-ethyl adjacent to an activating group) is 1. The van der Waals surface area contributed by atoms with Crippen molar-refractivity contribution in [1.29, 1.82) is 0 Å². The summed E-state index contributed by atoms with van der Waals surface area (Å²) in [6.45, 7) is 2.67. The van der Waals surface area contributed by atoms with E-state index in [2.05, 4.69) is 26.1 Å². The zero-order chi connectivity index (χ0) is 21.3. The molecule has 0 spiro atoms. The molecule has 11 heteroatoms. The molecule has 1 fully saturated rings. The fourth-order valence-electron chi connectivity index (χ4n) is 3.54. The van der Waals surface area contributed by atoms with Gasteiger partial charge in [-0.3, -0.25) is 9.62 Å². The van der Waals surface area contributed by atoms with Crippen molar-refractivity contribution in [3.05, 3.63) is 56.3 Å². The molecule has 160 valence electrons. The number of anilines is 2. The third-order valence-corrected chi connectivity index (χ3v) is 8.22. The number of sulfonamides is 1. The first-order valence-electron chi connectivity index (χ1n) is 9.21. The standard InChI is InChI=1S/C19H20ClFN4O2S3/c1-24(13-4-5-25(9-13)10-14-3-2-6-29-14)17-8-16(21)18(7-15(17)20)30(26,27)23-19-11-28-12-22-19/h2-3,6-8,11-13,23H,4-5,9-10H2,1H3. The molecule has 4 rings (SSSR count). The second kappa shape index (κ2) is 8.80. The number of hydrogen-bond acceptors (Lipinski definition) is 7. The molecule has 1 saturated heterocycles. The molecule has 1 aliphatic rings. The fourth-order valence-corrected chi connectivity index (χ4v) is 6.29. The Kier molecular flexibility index (Phi) is 6.31. The highest BCUT2D eigenvalue weighted by Crippen LogP contribution is 2.33. The van der Waals surface area contributed by atoms with Crippen molar-refractivity contribution < 1.29 is 12.8 Å². The van der Waals surface area contributed by atoms with Crippen molar-refractivity contribution in [1.82, 2.24) is 9.88 Å². The van der Waals surface area contributed by atoms with Crippen LogP contribution in [0.2, 0.25) is 5.02 Å². The van der Waals surface area contributed by atoms with Crippen LogP contribution in [0.1, 0.15) is 11.3 Å². The molecule has 1 aliphatic heterocycles. The summed E-state index contributed by atoms with van der Waals surface area (Å²) in [4.78, 5) is 8.97. The third kappa shape index (κ3) is 4.62. The Labute approximate surface area is 188 Å². The summed E-state index contributed by atoms with van der Waals surface area (Å²) >= 11 is 9.36. The van der Waals surface area contributed by atoms with Gasteiger partial charge in [-0.1, -0.05) is 17.7 Å². The Hall–Kier alpha value is -1.72. The molecule has 0 bridgehead atoms. The maximum absolute atomic E-state index is 14.8. The number of nitrogens with zero attached hydrogens (tertiary/aromatic N) is 3. The number of hydrogen-bond donors (Lipinski definition) is 1. The van der Waals surface area contributed by atoms with E-state index in [4.69, 9.17) is 11.6 Å². The molecule has 0 amide bonds. The molecule has 0 saturated carbocycles. The highest BCUT2D eigenvalue weighted by Gasteiger charge is 2.29. The SMILES string of the molecule is CN(c1cc(F)c(S(=O)(=O)Nc2cscn2)cc1Cl)C1CCN(Cc2cccs2)C1. The average molecular weight is 487 g/mol. The highest BCUT2D eigenvalue weighted by molar-refractivity contribution is 7.92. The first-order valence-corrected chi connectivity index (χ1v) is 12.9. The van der Waals surface area contributed by atoms with Gasteiger partial charge >= 0.3 is 0 Å². The van der Waals surface area contributed by atoms with Crippen LogP contribution in [0.5, 0.6) is 0 Å². The van der Waals surface area contributed by atoms with E-state index < -0.39 is 20.7 Å². The number of halogens is 2. The lowest BCUT2D eigenvalue weighted by Gasteiger charge is -2.28. The number of thiazole rings is 1. The van der Waals surface area contributed by atoms with E-state index in [1.54, 1.807) is 11.3 Å². The van der Waals surface area contributed by atoms with Crippen LogP contribution in [0.4, 0.5) is 15.9 Å². The Morgan fingerprint density at radius 3 is 2.97 bits per heavy atom. The molecule has 0 aliphatic carbocycles. The Morgan fingerprint density at radius 2 is 2.27 bits per heavy atom. The van der Waals surface area contributed by atoms with E-state index in [0.717, 1.165) is 32.1 Å². The van der Waals surface area contributed by atoms with Crippen LogP contribution in [0, 0.1) is 5.82 Å². The first kappa shape index (κ1) is 21.5. The van der Waals surface area contributed by atoms with Gasteiger partial charge in [0, 0.05) is 49.0 Å². The van der Waals surface area contributed by atoms with Gasteiger partial charge in [-0.2, -0.15) is 0 Å². The summed E-state index contributed by atoms with van der Waals surface area (Å²) in [7, 11) is -2.26. The van der Waals surface area contributed by atoms with Crippen LogP contribution in [-0.2, 0) is 16.6 Å². The number of rotatable bonds is 7. The molecule has 1 atom stereocenters. The molecule has 6 nitrogen and oxygen atoms in total. The van der Waals surface area contributed by atoms with Gasteiger partial charge in [0.15, 0.2) is 5.82 Å². The minimum absolute atomic E-state index is 0.147. The Bertz CT molecular complexity index is 1110. The van der Waals surface area contributed by atoms with E-state index in [9.17, 15) is 12.8 Å². The zero-order valence-corrected chi connectivity index (χ0v) is 19.3. The number of benzene rings is 1. The van der Waals surface area contributed by atoms with Gasteiger partial charge in [0.05, 0.1) is 16.2 Å². The lowest BCUT2D eigenvalue weighted by molar-refractivity contribution is 0.329. The highest BCUT2D eigenvalue weighted by atomic mass is 35.5. The second-order valence-electron chi connectivity index (χ2n) is 7.08. The van der Waals surface area contributed by atoms with Gasteiger partial charge in [-0.05, 0) is 23.9 Å². The molecule has 1 unspecified atom stereocenters. The number of nitrogens with one attached hydrogen (secondary N) is 1. The lowest BCUT2D eigenvalue weighted by atomic mass is 10.2. The molecule has 3 heterocycles. The predicted molar refractivity (Wildman–Crippen MR) is 121 cm³/mol. The molecular weight excluding hydrogens is 467 g/mol. The minimum Gasteiger partial charge on any atom is -0.369 e. The topological polar surface area (TPSA) is 65.5 Å². The molecule has 1 N–H and O–H groups in total. The lowest BCUT2D eigenvalue weighted by Crippen LogP contribution is -2.34. The van der Waals surface area contributed by atoms with Gasteiger partial charge in [0.2, 0.25) is 0 Å². The quantitative estimate of drug-likeness (QED) is 0.532. The first-order chi connectivity index (χ1) is 14.3. The summed E-state index contributed by atoms with van der Waals surface area (Å²) < 4.78 is 42.1. The fraction of sp³-hybridized carbons (Fsp3) is 0.316. The van der Waals surface area contributed by atoms with Gasteiger partial charge in [-0.25, -0.2) is 17.8 Å². The van der Waals surface area contributed by atoms with Crippen LogP contribution in [0.15, 0.2) is 45.4 Å². The largest absolute Gasteiger partial charge is 0.369 e. The van der Waals surface area contributed by atoms with Gasteiger partial charge in [-0.15, -0.1) is 22.7 Å². The third-order valence-electron chi connectivity index (χ3n) is 5.10. The van der Waals surface area contributed by atoms with Crippen LogP contribution < -0.4 is 9.62 Å². The normalized spacial score (nSPS) is 17.4. The zero-order valence-electron chi connectivity index (χ0n) is 16.1. The van der Waals surface area contributed by atoms with E-state index in [0.29, 0.717) is 5.69 Å². The van der Waals surface area contributed by atoms with E-state index in [1.807, 2.05) is 18.0 Å². The maximum Gasteiger partial charge on any atom is 0.266 e.